The van der Waals surface area contributed by atoms with E-state index >= 15 is 0 Å². The van der Waals surface area contributed by atoms with Gasteiger partial charge in [-0.3, -0.25) is 9.59 Å². The van der Waals surface area contributed by atoms with E-state index < -0.39 is 0 Å². The highest BCUT2D eigenvalue weighted by Gasteiger charge is 2.32. The molecule has 162 valence electrons. The minimum absolute atomic E-state index is 0.0640. The van der Waals surface area contributed by atoms with Crippen LogP contribution in [0.2, 0.25) is 0 Å². The number of carbonyl (C=O) groups excluding carboxylic acids is 2. The molecule has 7 heteroatoms. The van der Waals surface area contributed by atoms with Crippen LogP contribution in [0.25, 0.3) is 0 Å². The van der Waals surface area contributed by atoms with Crippen molar-refractivity contribution in [3.63, 3.8) is 0 Å². The van der Waals surface area contributed by atoms with Crippen molar-refractivity contribution >= 4 is 29.8 Å². The van der Waals surface area contributed by atoms with E-state index in [1.54, 1.807) is 37.2 Å². The molecule has 1 heterocycles. The van der Waals surface area contributed by atoms with Crippen LogP contribution >= 0.6 is 11.8 Å². The number of thioether (sulfide) groups is 1. The fraction of sp³-hybridized carbons (Fsp3) is 0.160. The fourth-order valence-corrected chi connectivity index (χ4v) is 4.62. The molecule has 2 amide bonds. The van der Waals surface area contributed by atoms with Crippen molar-refractivity contribution in [1.29, 1.82) is 0 Å². The van der Waals surface area contributed by atoms with Crippen LogP contribution in [0.3, 0.4) is 0 Å². The fourth-order valence-electron chi connectivity index (χ4n) is 3.43. The quantitative estimate of drug-likeness (QED) is 0.436. The van der Waals surface area contributed by atoms with Crippen LogP contribution in [0, 0.1) is 0 Å². The van der Waals surface area contributed by atoms with E-state index in [0.29, 0.717) is 17.9 Å². The van der Waals surface area contributed by atoms with Gasteiger partial charge in [-0.1, -0.05) is 54.6 Å². The molecule has 0 aromatic heterocycles. The molecule has 6 nitrogen and oxygen atoms in total. The first-order chi connectivity index (χ1) is 15.6. The van der Waals surface area contributed by atoms with Crippen molar-refractivity contribution in [3.05, 3.63) is 101 Å². The van der Waals surface area contributed by atoms with Gasteiger partial charge in [-0.15, -0.1) is 11.8 Å². The van der Waals surface area contributed by atoms with E-state index in [2.05, 4.69) is 10.5 Å². The first kappa shape index (κ1) is 21.6. The SMILES string of the molecule is COc1cccc(/C=N\NC(=O)c2ccc([C@@H]3SCC(=O)N3Cc3ccccc3)cc2)c1. The summed E-state index contributed by atoms with van der Waals surface area (Å²) in [5.41, 5.74) is 5.95. The summed E-state index contributed by atoms with van der Waals surface area (Å²) in [6.07, 6.45) is 1.57. The second-order valence-corrected chi connectivity index (χ2v) is 8.34. The van der Waals surface area contributed by atoms with Crippen molar-refractivity contribution in [1.82, 2.24) is 10.3 Å². The lowest BCUT2D eigenvalue weighted by Crippen LogP contribution is -2.27. The highest BCUT2D eigenvalue weighted by atomic mass is 32.2. The van der Waals surface area contributed by atoms with E-state index in [1.807, 2.05) is 71.6 Å². The van der Waals surface area contributed by atoms with Gasteiger partial charge in [0, 0.05) is 12.1 Å². The molecule has 0 aliphatic carbocycles. The summed E-state index contributed by atoms with van der Waals surface area (Å²) in [7, 11) is 1.60. The molecular weight excluding hydrogens is 422 g/mol. The molecule has 1 atom stereocenters. The largest absolute Gasteiger partial charge is 0.497 e. The Kier molecular flexibility index (Phi) is 6.87. The second-order valence-electron chi connectivity index (χ2n) is 7.27. The van der Waals surface area contributed by atoms with Gasteiger partial charge in [-0.2, -0.15) is 5.10 Å². The van der Waals surface area contributed by atoms with Gasteiger partial charge in [0.05, 0.1) is 19.1 Å². The van der Waals surface area contributed by atoms with Crippen LogP contribution in [0.5, 0.6) is 5.75 Å². The minimum Gasteiger partial charge on any atom is -0.497 e. The van der Waals surface area contributed by atoms with Gasteiger partial charge in [-0.25, -0.2) is 5.43 Å². The number of hydrogen-bond acceptors (Lipinski definition) is 5. The molecule has 0 bridgehead atoms. The summed E-state index contributed by atoms with van der Waals surface area (Å²) in [5.74, 6) is 1.00. The lowest BCUT2D eigenvalue weighted by atomic mass is 10.1. The molecule has 3 aromatic rings. The average Bonchev–Trinajstić information content (AvgIpc) is 3.20. The Balaban J connectivity index is 1.40. The standard InChI is InChI=1S/C25H23N3O3S/c1-31-22-9-5-8-19(14-22)15-26-27-24(30)20-10-12-21(13-11-20)25-28(23(29)17-32-25)16-18-6-3-2-4-7-18/h2-15,25H,16-17H2,1H3,(H,27,30)/b26-15-/t25-/m0/s1. The Labute approximate surface area is 191 Å². The summed E-state index contributed by atoms with van der Waals surface area (Å²) in [4.78, 5) is 26.7. The average molecular weight is 446 g/mol. The lowest BCUT2D eigenvalue weighted by molar-refractivity contribution is -0.128. The first-order valence-corrected chi connectivity index (χ1v) is 11.2. The van der Waals surface area contributed by atoms with Crippen molar-refractivity contribution in [2.45, 2.75) is 11.9 Å². The maximum absolute atomic E-state index is 12.4. The van der Waals surface area contributed by atoms with E-state index in [0.717, 1.165) is 22.4 Å². The van der Waals surface area contributed by atoms with Crippen LogP contribution in [0.15, 0.2) is 84.0 Å². The number of nitrogens with one attached hydrogen (secondary N) is 1. The Morgan fingerprint density at radius 2 is 1.91 bits per heavy atom. The zero-order valence-corrected chi connectivity index (χ0v) is 18.4. The summed E-state index contributed by atoms with van der Waals surface area (Å²) in [6, 6.07) is 24.7. The maximum atomic E-state index is 12.4. The van der Waals surface area contributed by atoms with Gasteiger partial charge in [0.25, 0.3) is 5.91 Å². The molecule has 0 saturated carbocycles. The topological polar surface area (TPSA) is 71.0 Å². The van der Waals surface area contributed by atoms with Gasteiger partial charge in [-0.05, 0) is 41.0 Å². The number of methoxy groups -OCH3 is 1. The molecule has 1 fully saturated rings. The maximum Gasteiger partial charge on any atom is 0.271 e. The van der Waals surface area contributed by atoms with Gasteiger partial charge in [0.1, 0.15) is 11.1 Å². The van der Waals surface area contributed by atoms with Crippen LogP contribution in [-0.4, -0.2) is 35.8 Å². The Morgan fingerprint density at radius 3 is 2.66 bits per heavy atom. The number of hydrazone groups is 1. The van der Waals surface area contributed by atoms with Crippen molar-refractivity contribution in [2.24, 2.45) is 5.10 Å². The number of ether oxygens (including phenoxy) is 1. The summed E-state index contributed by atoms with van der Waals surface area (Å²) in [6.45, 7) is 0.568. The summed E-state index contributed by atoms with van der Waals surface area (Å²) < 4.78 is 5.18. The Morgan fingerprint density at radius 1 is 1.12 bits per heavy atom. The van der Waals surface area contributed by atoms with Crippen LogP contribution in [0.4, 0.5) is 0 Å². The zero-order valence-electron chi connectivity index (χ0n) is 17.6. The predicted octanol–water partition coefficient (Wildman–Crippen LogP) is 4.23. The third kappa shape index (κ3) is 5.18. The molecule has 32 heavy (non-hydrogen) atoms. The number of carbonyl (C=O) groups is 2. The van der Waals surface area contributed by atoms with Crippen molar-refractivity contribution in [3.8, 4) is 5.75 Å². The molecule has 1 saturated heterocycles. The second kappa shape index (κ2) is 10.2. The third-order valence-electron chi connectivity index (χ3n) is 5.10. The van der Waals surface area contributed by atoms with Crippen LogP contribution < -0.4 is 10.2 Å². The normalized spacial score (nSPS) is 15.8. The number of nitrogens with zero attached hydrogens (tertiary/aromatic N) is 2. The van der Waals surface area contributed by atoms with E-state index in [4.69, 9.17) is 4.74 Å². The molecule has 1 aliphatic rings. The predicted molar refractivity (Wildman–Crippen MR) is 127 cm³/mol. The highest BCUT2D eigenvalue weighted by Crippen LogP contribution is 2.39. The van der Waals surface area contributed by atoms with Crippen LogP contribution in [-0.2, 0) is 11.3 Å². The zero-order chi connectivity index (χ0) is 22.3. The van der Waals surface area contributed by atoms with E-state index in [1.165, 1.54) is 0 Å². The molecule has 4 rings (SSSR count). The highest BCUT2D eigenvalue weighted by molar-refractivity contribution is 8.00. The monoisotopic (exact) mass is 445 g/mol. The van der Waals surface area contributed by atoms with E-state index in [9.17, 15) is 9.59 Å². The smallest absolute Gasteiger partial charge is 0.271 e. The molecule has 0 unspecified atom stereocenters. The Hall–Kier alpha value is -3.58. The van der Waals surface area contributed by atoms with Crippen LogP contribution in [0.1, 0.15) is 32.4 Å². The molecule has 0 spiro atoms. The Bertz CT molecular complexity index is 1120. The summed E-state index contributed by atoms with van der Waals surface area (Å²) in [5, 5.41) is 3.96. The lowest BCUT2D eigenvalue weighted by Gasteiger charge is -2.24. The van der Waals surface area contributed by atoms with Crippen molar-refractivity contribution < 1.29 is 14.3 Å². The molecule has 0 radical (unpaired) electrons. The first-order valence-electron chi connectivity index (χ1n) is 10.2. The van der Waals surface area contributed by atoms with Gasteiger partial charge < -0.3 is 9.64 Å². The number of rotatable bonds is 7. The van der Waals surface area contributed by atoms with E-state index in [-0.39, 0.29) is 17.2 Å². The number of benzene rings is 3. The minimum atomic E-state index is -0.299. The van der Waals surface area contributed by atoms with Gasteiger partial charge in [0.15, 0.2) is 0 Å². The molecule has 1 aliphatic heterocycles. The number of amides is 2. The van der Waals surface area contributed by atoms with Gasteiger partial charge >= 0.3 is 0 Å². The third-order valence-corrected chi connectivity index (χ3v) is 6.35. The molecule has 1 N–H and O–H groups in total. The molecular formula is C25H23N3O3S. The number of hydrogen-bond donors (Lipinski definition) is 1. The molecule has 3 aromatic carbocycles. The van der Waals surface area contributed by atoms with Gasteiger partial charge in [0.2, 0.25) is 5.91 Å². The van der Waals surface area contributed by atoms with Crippen molar-refractivity contribution in [2.75, 3.05) is 12.9 Å². The summed E-state index contributed by atoms with van der Waals surface area (Å²) >= 11 is 1.60.